The number of benzene rings is 3. The van der Waals surface area contributed by atoms with Crippen LogP contribution in [0.4, 0.5) is 15.0 Å². The molecule has 0 spiro atoms. The number of anilines is 1. The Kier molecular flexibility index (Phi) is 9.61. The molecule has 238 valence electrons. The predicted octanol–water partition coefficient (Wildman–Crippen LogP) is 7.21. The molecule has 0 atom stereocenters. The molecular formula is C36H37FN4O5. The molecule has 1 fully saturated rings. The molecule has 4 aromatic rings. The summed E-state index contributed by atoms with van der Waals surface area (Å²) in [6.07, 6.45) is 0.832. The van der Waals surface area contributed by atoms with Gasteiger partial charge in [0.05, 0.1) is 23.9 Å². The van der Waals surface area contributed by atoms with E-state index in [1.165, 1.54) is 12.1 Å². The number of methoxy groups -OCH3 is 1. The van der Waals surface area contributed by atoms with Crippen LogP contribution in [0.5, 0.6) is 17.2 Å². The van der Waals surface area contributed by atoms with Crippen molar-refractivity contribution in [2.45, 2.75) is 51.9 Å². The molecular weight excluding hydrogens is 587 g/mol. The zero-order valence-electron chi connectivity index (χ0n) is 26.3. The molecule has 0 aliphatic carbocycles. The average Bonchev–Trinajstić information content (AvgIpc) is 3.03. The van der Waals surface area contributed by atoms with E-state index in [1.54, 1.807) is 37.4 Å². The molecule has 2 N–H and O–H groups in total. The Bertz CT molecular complexity index is 1740. The summed E-state index contributed by atoms with van der Waals surface area (Å²) in [6.45, 7) is 6.88. The molecule has 46 heavy (non-hydrogen) atoms. The molecule has 1 aromatic heterocycles. The maximum Gasteiger partial charge on any atom is 0.407 e. The van der Waals surface area contributed by atoms with Gasteiger partial charge in [0.15, 0.2) is 11.5 Å². The van der Waals surface area contributed by atoms with Crippen molar-refractivity contribution in [1.82, 2.24) is 10.3 Å². The lowest BCUT2D eigenvalue weighted by atomic mass is 9.96. The van der Waals surface area contributed by atoms with E-state index in [0.29, 0.717) is 72.2 Å². The zero-order valence-corrected chi connectivity index (χ0v) is 26.3. The van der Waals surface area contributed by atoms with Crippen LogP contribution in [0.25, 0.3) is 22.4 Å². The highest BCUT2D eigenvalue weighted by Crippen LogP contribution is 2.43. The van der Waals surface area contributed by atoms with Crippen LogP contribution >= 0.6 is 0 Å². The highest BCUT2D eigenvalue weighted by Gasteiger charge is 2.26. The number of nitrogens with one attached hydrogen (secondary N) is 1. The molecule has 1 aliphatic heterocycles. The van der Waals surface area contributed by atoms with E-state index in [2.05, 4.69) is 5.32 Å². The van der Waals surface area contributed by atoms with E-state index >= 15 is 0 Å². The summed E-state index contributed by atoms with van der Waals surface area (Å²) in [5, 5.41) is 23.8. The number of piperidine rings is 1. The Morgan fingerprint density at radius 1 is 1.04 bits per heavy atom. The molecule has 2 heterocycles. The van der Waals surface area contributed by atoms with Crippen molar-refractivity contribution in [1.29, 1.82) is 5.26 Å². The Labute approximate surface area is 268 Å². The first-order valence-electron chi connectivity index (χ1n) is 15.1. The van der Waals surface area contributed by atoms with Gasteiger partial charge in [-0.3, -0.25) is 0 Å². The number of halogens is 1. The summed E-state index contributed by atoms with van der Waals surface area (Å²) in [5.74, 6) is 0.735. The molecule has 0 bridgehead atoms. The smallest absolute Gasteiger partial charge is 0.407 e. The molecule has 9 nitrogen and oxygen atoms in total. The summed E-state index contributed by atoms with van der Waals surface area (Å²) in [6, 6.07) is 22.6. The van der Waals surface area contributed by atoms with Crippen LogP contribution in [0.2, 0.25) is 0 Å². The van der Waals surface area contributed by atoms with Crippen LogP contribution in [0, 0.1) is 17.1 Å². The lowest BCUT2D eigenvalue weighted by molar-refractivity contribution is 0.0497. The number of carbonyl (C=O) groups excluding carboxylic acids is 1. The number of aromatic hydroxyl groups is 1. The van der Waals surface area contributed by atoms with Gasteiger partial charge in [-0.15, -0.1) is 0 Å². The molecule has 1 saturated heterocycles. The fraction of sp³-hybridized carbons (Fsp3) is 0.306. The molecule has 0 saturated carbocycles. The van der Waals surface area contributed by atoms with Crippen molar-refractivity contribution in [3.05, 3.63) is 89.7 Å². The third kappa shape index (κ3) is 7.67. The minimum Gasteiger partial charge on any atom is -0.507 e. The number of alkyl carbamates (subject to hydrolysis) is 1. The summed E-state index contributed by atoms with van der Waals surface area (Å²) in [4.78, 5) is 19.2. The normalized spacial score (nSPS) is 13.5. The highest BCUT2D eigenvalue weighted by molar-refractivity contribution is 5.87. The molecule has 0 radical (unpaired) electrons. The van der Waals surface area contributed by atoms with E-state index < -0.39 is 17.5 Å². The van der Waals surface area contributed by atoms with Crippen molar-refractivity contribution in [2.24, 2.45) is 0 Å². The third-order valence-corrected chi connectivity index (χ3v) is 7.58. The van der Waals surface area contributed by atoms with Crippen molar-refractivity contribution >= 4 is 11.9 Å². The van der Waals surface area contributed by atoms with Crippen molar-refractivity contribution < 1.29 is 28.5 Å². The second-order valence-electron chi connectivity index (χ2n) is 12.1. The number of hydrogen-bond donors (Lipinski definition) is 2. The van der Waals surface area contributed by atoms with Crippen LogP contribution in [0.15, 0.2) is 72.8 Å². The number of aromatic nitrogens is 1. The van der Waals surface area contributed by atoms with Gasteiger partial charge in [0.1, 0.15) is 35.7 Å². The van der Waals surface area contributed by atoms with E-state index in [-0.39, 0.29) is 17.4 Å². The van der Waals surface area contributed by atoms with Crippen molar-refractivity contribution in [2.75, 3.05) is 25.1 Å². The topological polar surface area (TPSA) is 117 Å². The van der Waals surface area contributed by atoms with Crippen LogP contribution in [0.3, 0.4) is 0 Å². The van der Waals surface area contributed by atoms with Gasteiger partial charge in [-0.1, -0.05) is 42.5 Å². The van der Waals surface area contributed by atoms with E-state index in [0.717, 1.165) is 5.56 Å². The van der Waals surface area contributed by atoms with Gasteiger partial charge in [0.25, 0.3) is 0 Å². The Balaban J connectivity index is 1.48. The maximum atomic E-state index is 14.9. The summed E-state index contributed by atoms with van der Waals surface area (Å²) in [7, 11) is 1.55. The standard InChI is InChI=1S/C36H37FN4O5/c1-36(2,3)46-35(43)39-27-14-16-41(17-15-27)32-20-29(42)33(34(40-32)25-10-11-26(21-38)28(37)18-25)24-12-13-30(44-4)31(19-24)45-22-23-8-6-5-7-9-23/h5-13,18-20,27H,14-17,22H2,1-4H3,(H,39,43)(H,40,42). The van der Waals surface area contributed by atoms with Gasteiger partial charge in [-0.25, -0.2) is 14.2 Å². The second-order valence-corrected chi connectivity index (χ2v) is 12.1. The van der Waals surface area contributed by atoms with Crippen LogP contribution in [-0.4, -0.2) is 48.0 Å². The SMILES string of the molecule is COc1ccc(-c2c(O)cc(N3CCC(NC(=O)OC(C)(C)C)CC3)nc2-c2ccc(C#N)c(F)c2)cc1OCc1ccccc1. The predicted molar refractivity (Wildman–Crippen MR) is 173 cm³/mol. The first kappa shape index (κ1) is 32.1. The molecule has 3 aromatic carbocycles. The number of amides is 1. The monoisotopic (exact) mass is 624 g/mol. The number of carbonyl (C=O) groups is 1. The minimum atomic E-state index is -0.687. The molecule has 10 heteroatoms. The van der Waals surface area contributed by atoms with E-state index in [4.69, 9.17) is 19.2 Å². The van der Waals surface area contributed by atoms with Crippen molar-refractivity contribution in [3.63, 3.8) is 0 Å². The molecule has 5 rings (SSSR count). The van der Waals surface area contributed by atoms with Gasteiger partial charge >= 0.3 is 6.09 Å². The fourth-order valence-corrected chi connectivity index (χ4v) is 5.33. The quantitative estimate of drug-likeness (QED) is 0.211. The number of nitriles is 1. The van der Waals surface area contributed by atoms with E-state index in [9.17, 15) is 19.6 Å². The summed E-state index contributed by atoms with van der Waals surface area (Å²) in [5.41, 5.74) is 1.99. The third-order valence-electron chi connectivity index (χ3n) is 7.58. The highest BCUT2D eigenvalue weighted by atomic mass is 19.1. The van der Waals surface area contributed by atoms with Gasteiger partial charge in [-0.05, 0) is 69.0 Å². The maximum absolute atomic E-state index is 14.9. The number of nitrogens with zero attached hydrogens (tertiary/aromatic N) is 3. The fourth-order valence-electron chi connectivity index (χ4n) is 5.33. The summed E-state index contributed by atoms with van der Waals surface area (Å²) >= 11 is 0. The van der Waals surface area contributed by atoms with Gasteiger partial charge < -0.3 is 29.5 Å². The van der Waals surface area contributed by atoms with Crippen LogP contribution in [0.1, 0.15) is 44.7 Å². The Morgan fingerprint density at radius 2 is 1.76 bits per heavy atom. The van der Waals surface area contributed by atoms with Crippen LogP contribution in [-0.2, 0) is 11.3 Å². The molecule has 1 amide bonds. The van der Waals surface area contributed by atoms with Gasteiger partial charge in [-0.2, -0.15) is 5.26 Å². The number of rotatable bonds is 8. The van der Waals surface area contributed by atoms with Gasteiger partial charge in [0.2, 0.25) is 0 Å². The second kappa shape index (κ2) is 13.8. The van der Waals surface area contributed by atoms with Gasteiger partial charge in [0, 0.05) is 30.8 Å². The van der Waals surface area contributed by atoms with Crippen LogP contribution < -0.4 is 19.7 Å². The minimum absolute atomic E-state index is 0.0575. The summed E-state index contributed by atoms with van der Waals surface area (Å²) < 4.78 is 32.0. The largest absolute Gasteiger partial charge is 0.507 e. The average molecular weight is 625 g/mol. The lowest BCUT2D eigenvalue weighted by Gasteiger charge is -2.34. The molecule has 1 aliphatic rings. The Hall–Kier alpha value is -5.30. The zero-order chi connectivity index (χ0) is 32.8. The lowest BCUT2D eigenvalue weighted by Crippen LogP contribution is -2.46. The first-order valence-corrected chi connectivity index (χ1v) is 15.1. The van der Waals surface area contributed by atoms with Crippen molar-refractivity contribution in [3.8, 4) is 45.7 Å². The van der Waals surface area contributed by atoms with E-state index in [1.807, 2.05) is 62.1 Å². The number of ether oxygens (including phenoxy) is 3. The number of pyridine rings is 1. The first-order chi connectivity index (χ1) is 22.0. The number of hydrogen-bond acceptors (Lipinski definition) is 8. The molecule has 0 unspecified atom stereocenters. The Morgan fingerprint density at radius 3 is 2.41 bits per heavy atom.